The van der Waals surface area contributed by atoms with Crippen molar-refractivity contribution in [2.75, 3.05) is 11.1 Å². The number of fused-ring (bicyclic) bond motifs is 3. The summed E-state index contributed by atoms with van der Waals surface area (Å²) in [6.07, 6.45) is 0.383. The van der Waals surface area contributed by atoms with Crippen molar-refractivity contribution in [2.24, 2.45) is 0 Å². The Morgan fingerprint density at radius 1 is 0.933 bits per heavy atom. The molecule has 0 saturated carbocycles. The first-order valence-corrected chi connectivity index (χ1v) is 10.9. The minimum atomic E-state index is -0.0150. The van der Waals surface area contributed by atoms with Crippen molar-refractivity contribution in [2.45, 2.75) is 25.4 Å². The van der Waals surface area contributed by atoms with Gasteiger partial charge in [-0.3, -0.25) is 4.79 Å². The lowest BCUT2D eigenvalue weighted by molar-refractivity contribution is -0.115. The average Bonchev–Trinajstić information content (AvgIpc) is 3.03. The lowest BCUT2D eigenvalue weighted by Crippen LogP contribution is -2.12. The Labute approximate surface area is 179 Å². The lowest BCUT2D eigenvalue weighted by atomic mass is 10.0. The maximum absolute atomic E-state index is 12.3. The van der Waals surface area contributed by atoms with Crippen LogP contribution < -0.4 is 5.32 Å². The highest BCUT2D eigenvalue weighted by Crippen LogP contribution is 2.44. The number of aryl methyl sites for hydroxylation is 2. The molecule has 0 spiro atoms. The number of aromatic nitrogens is 3. The van der Waals surface area contributed by atoms with E-state index in [4.69, 9.17) is 4.98 Å². The molecule has 0 atom stereocenters. The Morgan fingerprint density at radius 3 is 2.37 bits per heavy atom. The minimum absolute atomic E-state index is 0.0150. The molecular formula is C24H20N4OS. The zero-order valence-corrected chi connectivity index (χ0v) is 17.6. The van der Waals surface area contributed by atoms with Crippen molar-refractivity contribution in [1.29, 1.82) is 0 Å². The second-order valence-electron chi connectivity index (χ2n) is 7.52. The topological polar surface area (TPSA) is 67.8 Å². The fraction of sp³-hybridized carbons (Fsp3) is 0.167. The van der Waals surface area contributed by atoms with Gasteiger partial charge >= 0.3 is 0 Å². The van der Waals surface area contributed by atoms with Crippen molar-refractivity contribution in [3.05, 3.63) is 65.7 Å². The monoisotopic (exact) mass is 412 g/mol. The van der Waals surface area contributed by atoms with Crippen LogP contribution in [0, 0.1) is 13.8 Å². The molecule has 30 heavy (non-hydrogen) atoms. The summed E-state index contributed by atoms with van der Waals surface area (Å²) < 4.78 is 0. The summed E-state index contributed by atoms with van der Waals surface area (Å²) in [4.78, 5) is 17.1. The minimum Gasteiger partial charge on any atom is -0.326 e. The molecule has 5 nitrogen and oxygen atoms in total. The molecular weight excluding hydrogens is 392 g/mol. The smallest absolute Gasteiger partial charge is 0.225 e. The number of hydrogen-bond acceptors (Lipinski definition) is 5. The second-order valence-corrected chi connectivity index (χ2v) is 8.59. The maximum atomic E-state index is 12.3. The van der Waals surface area contributed by atoms with Crippen LogP contribution in [0.5, 0.6) is 0 Å². The molecule has 6 heteroatoms. The quantitative estimate of drug-likeness (QED) is 0.391. The summed E-state index contributed by atoms with van der Waals surface area (Å²) >= 11 is 1.45. The number of nitrogens with one attached hydrogen (secondary N) is 1. The standard InChI is InChI=1S/C24H20N4OS/c1-14-11-15(2)13-17(12-14)25-20(29)9-10-30-24-26-22-18-7-3-5-16-6-4-8-19(21(16)18)23(22)27-28-24/h3-8,11-13H,9-10H2,1-2H3,(H,25,29). The third-order valence-electron chi connectivity index (χ3n) is 5.15. The van der Waals surface area contributed by atoms with E-state index in [0.717, 1.165) is 39.3 Å². The van der Waals surface area contributed by atoms with Crippen LogP contribution in [0.15, 0.2) is 59.8 Å². The SMILES string of the molecule is Cc1cc(C)cc(NC(=O)CCSc2nnc3c(n2)-c2cccc4cccc-3c24)c1. The summed E-state index contributed by atoms with van der Waals surface area (Å²) in [5, 5.41) is 14.7. The number of anilines is 1. The number of benzene rings is 3. The van der Waals surface area contributed by atoms with Crippen LogP contribution in [0.1, 0.15) is 17.5 Å². The van der Waals surface area contributed by atoms with Crippen molar-refractivity contribution >= 4 is 34.1 Å². The molecule has 1 N–H and O–H groups in total. The van der Waals surface area contributed by atoms with Crippen molar-refractivity contribution in [3.8, 4) is 22.5 Å². The van der Waals surface area contributed by atoms with E-state index in [9.17, 15) is 4.79 Å². The summed E-state index contributed by atoms with van der Waals surface area (Å²) in [5.74, 6) is 0.577. The van der Waals surface area contributed by atoms with Gasteiger partial charge in [-0.2, -0.15) is 0 Å². The van der Waals surface area contributed by atoms with Gasteiger partial charge in [0.25, 0.3) is 0 Å². The largest absolute Gasteiger partial charge is 0.326 e. The number of nitrogens with zero attached hydrogens (tertiary/aromatic N) is 3. The van der Waals surface area contributed by atoms with E-state index in [0.29, 0.717) is 17.3 Å². The molecule has 5 rings (SSSR count). The van der Waals surface area contributed by atoms with Gasteiger partial charge in [0, 0.05) is 34.4 Å². The molecule has 0 fully saturated rings. The Kier molecular flexibility index (Phi) is 4.71. The lowest BCUT2D eigenvalue weighted by Gasteiger charge is -2.07. The van der Waals surface area contributed by atoms with Gasteiger partial charge in [0.2, 0.25) is 11.1 Å². The third kappa shape index (κ3) is 3.44. The normalized spacial score (nSPS) is 11.5. The molecule has 0 radical (unpaired) electrons. The van der Waals surface area contributed by atoms with E-state index in [2.05, 4.69) is 45.8 Å². The van der Waals surface area contributed by atoms with Crippen LogP contribution in [0.4, 0.5) is 5.69 Å². The zero-order valence-electron chi connectivity index (χ0n) is 16.8. The highest BCUT2D eigenvalue weighted by molar-refractivity contribution is 7.99. The van der Waals surface area contributed by atoms with Gasteiger partial charge in [0.15, 0.2) is 0 Å². The molecule has 0 aliphatic heterocycles. The summed E-state index contributed by atoms with van der Waals surface area (Å²) in [7, 11) is 0. The summed E-state index contributed by atoms with van der Waals surface area (Å²) in [6.45, 7) is 4.05. The predicted molar refractivity (Wildman–Crippen MR) is 122 cm³/mol. The van der Waals surface area contributed by atoms with Crippen LogP contribution in [0.2, 0.25) is 0 Å². The number of carbonyl (C=O) groups excluding carboxylic acids is 1. The zero-order chi connectivity index (χ0) is 20.7. The molecule has 0 bridgehead atoms. The predicted octanol–water partition coefficient (Wildman–Crippen LogP) is 5.41. The molecule has 1 amide bonds. The molecule has 1 aliphatic carbocycles. The van der Waals surface area contributed by atoms with E-state index in [-0.39, 0.29) is 5.91 Å². The van der Waals surface area contributed by atoms with Crippen molar-refractivity contribution < 1.29 is 4.79 Å². The van der Waals surface area contributed by atoms with E-state index in [1.165, 1.54) is 22.5 Å². The average molecular weight is 413 g/mol. The Bertz CT molecular complexity index is 1280. The Hall–Kier alpha value is -3.25. The third-order valence-corrected chi connectivity index (χ3v) is 5.99. The van der Waals surface area contributed by atoms with Gasteiger partial charge in [0.05, 0.1) is 0 Å². The van der Waals surface area contributed by atoms with Crippen LogP contribution in [-0.2, 0) is 4.79 Å². The van der Waals surface area contributed by atoms with Gasteiger partial charge in [-0.05, 0) is 42.5 Å². The molecule has 3 aromatic carbocycles. The molecule has 4 aromatic rings. The second kappa shape index (κ2) is 7.54. The number of rotatable bonds is 5. The van der Waals surface area contributed by atoms with E-state index in [1.54, 1.807) is 0 Å². The van der Waals surface area contributed by atoms with Gasteiger partial charge in [0.1, 0.15) is 11.4 Å². The molecule has 1 aliphatic rings. The molecule has 0 unspecified atom stereocenters. The summed E-state index contributed by atoms with van der Waals surface area (Å²) in [6, 6.07) is 18.5. The van der Waals surface area contributed by atoms with Gasteiger partial charge in [-0.1, -0.05) is 54.2 Å². The van der Waals surface area contributed by atoms with Gasteiger partial charge in [-0.25, -0.2) is 4.98 Å². The van der Waals surface area contributed by atoms with E-state index in [1.807, 2.05) is 38.1 Å². The summed E-state index contributed by atoms with van der Waals surface area (Å²) in [5.41, 5.74) is 6.99. The first-order valence-electron chi connectivity index (χ1n) is 9.86. The van der Waals surface area contributed by atoms with E-state index >= 15 is 0 Å². The highest BCUT2D eigenvalue weighted by Gasteiger charge is 2.24. The van der Waals surface area contributed by atoms with Crippen LogP contribution in [0.3, 0.4) is 0 Å². The number of carbonyl (C=O) groups is 1. The molecule has 148 valence electrons. The van der Waals surface area contributed by atoms with Crippen molar-refractivity contribution in [3.63, 3.8) is 0 Å². The van der Waals surface area contributed by atoms with Crippen molar-refractivity contribution in [1.82, 2.24) is 15.2 Å². The van der Waals surface area contributed by atoms with Crippen LogP contribution in [0.25, 0.3) is 33.3 Å². The Balaban J connectivity index is 1.28. The first kappa shape index (κ1) is 18.8. The fourth-order valence-corrected chi connectivity index (χ4v) is 4.71. The van der Waals surface area contributed by atoms with Crippen LogP contribution in [-0.4, -0.2) is 26.8 Å². The number of thioether (sulfide) groups is 1. The molecule has 0 saturated heterocycles. The van der Waals surface area contributed by atoms with Crippen LogP contribution >= 0.6 is 11.8 Å². The Morgan fingerprint density at radius 2 is 1.63 bits per heavy atom. The fourth-order valence-electron chi connectivity index (χ4n) is 3.98. The first-order chi connectivity index (χ1) is 14.6. The van der Waals surface area contributed by atoms with E-state index < -0.39 is 0 Å². The number of amides is 1. The molecule has 1 heterocycles. The van der Waals surface area contributed by atoms with Gasteiger partial charge < -0.3 is 5.32 Å². The maximum Gasteiger partial charge on any atom is 0.225 e. The molecule has 1 aromatic heterocycles. The number of hydrogen-bond donors (Lipinski definition) is 1. The van der Waals surface area contributed by atoms with Gasteiger partial charge in [-0.15, -0.1) is 10.2 Å². The highest BCUT2D eigenvalue weighted by atomic mass is 32.2.